The molecule has 1 aliphatic rings. The van der Waals surface area contributed by atoms with Crippen LogP contribution in [0.15, 0.2) is 53.4 Å². The SMILES string of the molecule is CC(C)Oc1ccc(NS(=O)(=O)c2ccc(N3C(=O)[C@@H](C)CS3(=O)=O)cc2)cc1. The van der Waals surface area contributed by atoms with Gasteiger partial charge in [0.1, 0.15) is 5.75 Å². The first-order chi connectivity index (χ1) is 13.5. The molecule has 29 heavy (non-hydrogen) atoms. The standard InChI is InChI=1S/C19H22N2O6S2/c1-13(2)27-17-8-4-15(5-9-17)20-29(25,26)18-10-6-16(7-11-18)21-19(22)14(3)12-28(21,23)24/h4-11,13-14,20H,12H2,1-3H3/t14-/m0/s1. The lowest BCUT2D eigenvalue weighted by atomic mass is 10.2. The number of hydrogen-bond acceptors (Lipinski definition) is 6. The van der Waals surface area contributed by atoms with Crippen molar-refractivity contribution in [3.8, 4) is 5.75 Å². The van der Waals surface area contributed by atoms with Gasteiger partial charge in [-0.25, -0.2) is 21.1 Å². The smallest absolute Gasteiger partial charge is 0.261 e. The average molecular weight is 439 g/mol. The first kappa shape index (κ1) is 21.1. The molecule has 0 aliphatic carbocycles. The summed E-state index contributed by atoms with van der Waals surface area (Å²) in [4.78, 5) is 12.1. The fourth-order valence-electron chi connectivity index (χ4n) is 2.94. The van der Waals surface area contributed by atoms with Crippen LogP contribution in [0.5, 0.6) is 5.75 Å². The number of anilines is 2. The van der Waals surface area contributed by atoms with Crippen LogP contribution >= 0.6 is 0 Å². The molecule has 2 aromatic carbocycles. The van der Waals surface area contributed by atoms with Crippen molar-refractivity contribution >= 4 is 37.3 Å². The molecule has 156 valence electrons. The molecule has 0 saturated carbocycles. The van der Waals surface area contributed by atoms with Gasteiger partial charge in [0.05, 0.1) is 28.4 Å². The third-order valence-electron chi connectivity index (χ3n) is 4.22. The van der Waals surface area contributed by atoms with Gasteiger partial charge in [0.25, 0.3) is 10.0 Å². The van der Waals surface area contributed by atoms with E-state index in [2.05, 4.69) is 4.72 Å². The molecule has 1 fully saturated rings. The zero-order valence-corrected chi connectivity index (χ0v) is 17.8. The summed E-state index contributed by atoms with van der Waals surface area (Å²) in [6.45, 7) is 5.32. The summed E-state index contributed by atoms with van der Waals surface area (Å²) in [6, 6.07) is 11.6. The number of hydrogen-bond donors (Lipinski definition) is 1. The van der Waals surface area contributed by atoms with Crippen molar-refractivity contribution in [2.24, 2.45) is 5.92 Å². The highest BCUT2D eigenvalue weighted by Gasteiger charge is 2.41. The molecule has 1 saturated heterocycles. The Labute approximate surface area is 170 Å². The van der Waals surface area contributed by atoms with E-state index in [1.54, 1.807) is 31.2 Å². The maximum atomic E-state index is 12.6. The molecule has 0 radical (unpaired) electrons. The maximum absolute atomic E-state index is 12.6. The van der Waals surface area contributed by atoms with E-state index in [-0.39, 0.29) is 22.4 Å². The number of nitrogens with one attached hydrogen (secondary N) is 1. The molecule has 0 unspecified atom stereocenters. The molecule has 1 heterocycles. The summed E-state index contributed by atoms with van der Waals surface area (Å²) in [7, 11) is -7.63. The topological polar surface area (TPSA) is 110 Å². The van der Waals surface area contributed by atoms with Crippen LogP contribution in [-0.4, -0.2) is 34.6 Å². The molecule has 2 aromatic rings. The largest absolute Gasteiger partial charge is 0.491 e. The van der Waals surface area contributed by atoms with E-state index >= 15 is 0 Å². The van der Waals surface area contributed by atoms with E-state index in [0.29, 0.717) is 11.4 Å². The molecule has 10 heteroatoms. The van der Waals surface area contributed by atoms with Crippen LogP contribution in [0.1, 0.15) is 20.8 Å². The minimum absolute atomic E-state index is 0.00495. The molecule has 8 nitrogen and oxygen atoms in total. The summed E-state index contributed by atoms with van der Waals surface area (Å²) < 4.78 is 58.2. The van der Waals surface area contributed by atoms with E-state index in [4.69, 9.17) is 4.74 Å². The van der Waals surface area contributed by atoms with Gasteiger partial charge in [-0.1, -0.05) is 6.92 Å². The summed E-state index contributed by atoms with van der Waals surface area (Å²) >= 11 is 0. The third kappa shape index (κ3) is 4.54. The van der Waals surface area contributed by atoms with Gasteiger partial charge >= 0.3 is 0 Å². The predicted octanol–water partition coefficient (Wildman–Crippen LogP) is 2.59. The van der Waals surface area contributed by atoms with Crippen LogP contribution in [0.25, 0.3) is 0 Å². The minimum atomic E-state index is -3.89. The monoisotopic (exact) mass is 438 g/mol. The summed E-state index contributed by atoms with van der Waals surface area (Å²) in [5.74, 6) is -0.794. The first-order valence-corrected chi connectivity index (χ1v) is 12.1. The van der Waals surface area contributed by atoms with Crippen molar-refractivity contribution in [2.45, 2.75) is 31.8 Å². The highest BCUT2D eigenvalue weighted by Crippen LogP contribution is 2.29. The molecule has 1 N–H and O–H groups in total. The molecule has 1 atom stereocenters. The lowest BCUT2D eigenvalue weighted by Gasteiger charge is -2.16. The Morgan fingerprint density at radius 1 is 1.07 bits per heavy atom. The molecule has 0 spiro atoms. The van der Waals surface area contributed by atoms with Crippen molar-refractivity contribution in [3.63, 3.8) is 0 Å². The molecular weight excluding hydrogens is 416 g/mol. The van der Waals surface area contributed by atoms with E-state index in [1.165, 1.54) is 24.3 Å². The van der Waals surface area contributed by atoms with Crippen LogP contribution < -0.4 is 13.8 Å². The Balaban J connectivity index is 1.79. The van der Waals surface area contributed by atoms with Gasteiger partial charge in [-0.05, 0) is 62.4 Å². The Morgan fingerprint density at radius 2 is 1.66 bits per heavy atom. The second kappa shape index (κ2) is 7.68. The van der Waals surface area contributed by atoms with E-state index < -0.39 is 31.9 Å². The fourth-order valence-corrected chi connectivity index (χ4v) is 5.81. The molecule has 0 bridgehead atoms. The second-order valence-corrected chi connectivity index (χ2v) is 10.6. The Morgan fingerprint density at radius 3 is 2.14 bits per heavy atom. The van der Waals surface area contributed by atoms with Gasteiger partial charge in [0.2, 0.25) is 15.9 Å². The summed E-state index contributed by atoms with van der Waals surface area (Å²) in [6.07, 6.45) is 0.00495. The highest BCUT2D eigenvalue weighted by atomic mass is 32.2. The van der Waals surface area contributed by atoms with E-state index in [9.17, 15) is 21.6 Å². The molecule has 1 aliphatic heterocycles. The van der Waals surface area contributed by atoms with Gasteiger partial charge in [0, 0.05) is 5.69 Å². The lowest BCUT2D eigenvalue weighted by Crippen LogP contribution is -2.30. The fraction of sp³-hybridized carbons (Fsp3) is 0.316. The number of benzene rings is 2. The zero-order chi connectivity index (χ0) is 21.4. The van der Waals surface area contributed by atoms with Crippen molar-refractivity contribution in [2.75, 3.05) is 14.8 Å². The van der Waals surface area contributed by atoms with Gasteiger partial charge in [-0.15, -0.1) is 0 Å². The normalized spacial score (nSPS) is 18.8. The summed E-state index contributed by atoms with van der Waals surface area (Å²) in [5.41, 5.74) is 0.477. The van der Waals surface area contributed by atoms with Crippen molar-refractivity contribution < 1.29 is 26.4 Å². The number of carbonyl (C=O) groups is 1. The Hall–Kier alpha value is -2.59. The first-order valence-electron chi connectivity index (χ1n) is 8.96. The quantitative estimate of drug-likeness (QED) is 0.742. The van der Waals surface area contributed by atoms with Crippen molar-refractivity contribution in [3.05, 3.63) is 48.5 Å². The van der Waals surface area contributed by atoms with E-state index in [0.717, 1.165) is 4.31 Å². The molecule has 3 rings (SSSR count). The van der Waals surface area contributed by atoms with Crippen LogP contribution in [-0.2, 0) is 24.8 Å². The van der Waals surface area contributed by atoms with Gasteiger partial charge in [0.15, 0.2) is 0 Å². The highest BCUT2D eigenvalue weighted by molar-refractivity contribution is 7.94. The average Bonchev–Trinajstić information content (AvgIpc) is 2.83. The molecule has 0 aromatic heterocycles. The van der Waals surface area contributed by atoms with Gasteiger partial charge in [-0.2, -0.15) is 0 Å². The Bertz CT molecular complexity index is 1110. The second-order valence-electron chi connectivity index (χ2n) is 7.07. The number of rotatable bonds is 6. The number of carbonyl (C=O) groups excluding carboxylic acids is 1. The van der Waals surface area contributed by atoms with Gasteiger partial charge in [-0.3, -0.25) is 9.52 Å². The number of amides is 1. The lowest BCUT2D eigenvalue weighted by molar-refractivity contribution is -0.119. The van der Waals surface area contributed by atoms with Gasteiger partial charge < -0.3 is 4.74 Å². The van der Waals surface area contributed by atoms with E-state index in [1.807, 2.05) is 13.8 Å². The zero-order valence-electron chi connectivity index (χ0n) is 16.2. The van der Waals surface area contributed by atoms with Crippen LogP contribution in [0.4, 0.5) is 11.4 Å². The maximum Gasteiger partial charge on any atom is 0.261 e. The Kier molecular flexibility index (Phi) is 5.59. The van der Waals surface area contributed by atoms with Crippen LogP contribution in [0, 0.1) is 5.92 Å². The van der Waals surface area contributed by atoms with Crippen molar-refractivity contribution in [1.29, 1.82) is 0 Å². The molecular formula is C19H22N2O6S2. The number of ether oxygens (including phenoxy) is 1. The summed E-state index contributed by atoms with van der Waals surface area (Å²) in [5, 5.41) is 0. The number of nitrogens with zero attached hydrogens (tertiary/aromatic N) is 1. The minimum Gasteiger partial charge on any atom is -0.491 e. The van der Waals surface area contributed by atoms with Crippen molar-refractivity contribution in [1.82, 2.24) is 0 Å². The predicted molar refractivity (Wildman–Crippen MR) is 110 cm³/mol. The van der Waals surface area contributed by atoms with Crippen LogP contribution in [0.3, 0.4) is 0 Å². The third-order valence-corrected chi connectivity index (χ3v) is 7.49. The molecule has 1 amide bonds. The number of sulfonamides is 2. The van der Waals surface area contributed by atoms with Crippen LogP contribution in [0.2, 0.25) is 0 Å².